The molecule has 0 spiro atoms. The second-order valence-corrected chi connectivity index (χ2v) is 6.35. The lowest BCUT2D eigenvalue weighted by atomic mass is 9.87. The summed E-state index contributed by atoms with van der Waals surface area (Å²) in [7, 11) is 0. The summed E-state index contributed by atoms with van der Waals surface area (Å²) < 4.78 is 0. The summed E-state index contributed by atoms with van der Waals surface area (Å²) in [5.41, 5.74) is 1.21. The average Bonchev–Trinajstić information content (AvgIpc) is 2.40. The van der Waals surface area contributed by atoms with Crippen molar-refractivity contribution in [2.45, 2.75) is 43.6 Å². The molecule has 18 heavy (non-hydrogen) atoms. The van der Waals surface area contributed by atoms with E-state index in [-0.39, 0.29) is 6.10 Å². The molecule has 0 aromatic heterocycles. The van der Waals surface area contributed by atoms with Crippen molar-refractivity contribution < 1.29 is 5.11 Å². The van der Waals surface area contributed by atoms with Gasteiger partial charge in [0, 0.05) is 17.1 Å². The molecule has 2 nitrogen and oxygen atoms in total. The molecule has 2 rings (SSSR count). The van der Waals surface area contributed by atoms with Gasteiger partial charge in [0.25, 0.3) is 0 Å². The second kappa shape index (κ2) is 7.05. The number of nitrogens with one attached hydrogen (secondary N) is 1. The van der Waals surface area contributed by atoms with Crippen LogP contribution in [0.25, 0.3) is 0 Å². The van der Waals surface area contributed by atoms with Gasteiger partial charge < -0.3 is 10.4 Å². The van der Waals surface area contributed by atoms with Crippen LogP contribution in [0.4, 0.5) is 5.69 Å². The molecule has 1 aliphatic carbocycles. The zero-order valence-corrected chi connectivity index (χ0v) is 11.9. The first kappa shape index (κ1) is 13.8. The Morgan fingerprint density at radius 2 is 1.83 bits per heavy atom. The van der Waals surface area contributed by atoms with E-state index in [1.165, 1.54) is 10.6 Å². The van der Waals surface area contributed by atoms with E-state index in [0.29, 0.717) is 0 Å². The summed E-state index contributed by atoms with van der Waals surface area (Å²) in [5.74, 6) is 1.84. The number of benzene rings is 1. The van der Waals surface area contributed by atoms with E-state index in [1.54, 1.807) is 0 Å². The number of hydrogen-bond acceptors (Lipinski definition) is 3. The molecule has 1 aliphatic rings. The third-order valence-electron chi connectivity index (χ3n) is 3.58. The lowest BCUT2D eigenvalue weighted by Gasteiger charge is -2.25. The summed E-state index contributed by atoms with van der Waals surface area (Å²) in [4.78, 5) is 1.34. The van der Waals surface area contributed by atoms with Crippen molar-refractivity contribution in [2.75, 3.05) is 17.6 Å². The predicted molar refractivity (Wildman–Crippen MR) is 79.3 cm³/mol. The predicted octanol–water partition coefficient (Wildman–Crippen LogP) is 3.76. The molecule has 0 radical (unpaired) electrons. The SMILES string of the molecule is CCSc1ccc(NCC2CCC(O)CC2)cc1. The highest BCUT2D eigenvalue weighted by atomic mass is 32.2. The first-order chi connectivity index (χ1) is 8.78. The summed E-state index contributed by atoms with van der Waals surface area (Å²) in [6.45, 7) is 3.21. The first-order valence-corrected chi connectivity index (χ1v) is 7.91. The quantitative estimate of drug-likeness (QED) is 0.795. The smallest absolute Gasteiger partial charge is 0.0540 e. The zero-order chi connectivity index (χ0) is 12.8. The van der Waals surface area contributed by atoms with E-state index in [1.807, 2.05) is 11.8 Å². The van der Waals surface area contributed by atoms with Crippen molar-refractivity contribution in [3.63, 3.8) is 0 Å². The highest BCUT2D eigenvalue weighted by Gasteiger charge is 2.18. The molecule has 2 N–H and O–H groups in total. The molecule has 100 valence electrons. The summed E-state index contributed by atoms with van der Waals surface area (Å²) in [6, 6.07) is 8.69. The topological polar surface area (TPSA) is 32.3 Å². The van der Waals surface area contributed by atoms with E-state index in [2.05, 4.69) is 36.5 Å². The Kier molecular flexibility index (Phi) is 5.39. The third kappa shape index (κ3) is 4.21. The Hall–Kier alpha value is -0.670. The molecule has 0 saturated heterocycles. The van der Waals surface area contributed by atoms with Crippen molar-refractivity contribution in [3.05, 3.63) is 24.3 Å². The fourth-order valence-electron chi connectivity index (χ4n) is 2.45. The Balaban J connectivity index is 1.76. The van der Waals surface area contributed by atoms with Gasteiger partial charge in [0.1, 0.15) is 0 Å². The van der Waals surface area contributed by atoms with E-state index < -0.39 is 0 Å². The Labute approximate surface area is 114 Å². The van der Waals surface area contributed by atoms with Crippen LogP contribution in [0.3, 0.4) is 0 Å². The molecule has 3 heteroatoms. The molecule has 1 aromatic rings. The van der Waals surface area contributed by atoms with Crippen molar-refractivity contribution in [1.29, 1.82) is 0 Å². The fourth-order valence-corrected chi connectivity index (χ4v) is 3.11. The highest BCUT2D eigenvalue weighted by Crippen LogP contribution is 2.25. The summed E-state index contributed by atoms with van der Waals surface area (Å²) >= 11 is 1.87. The maximum absolute atomic E-state index is 9.47. The number of thioether (sulfide) groups is 1. The van der Waals surface area contributed by atoms with Gasteiger partial charge in [0.15, 0.2) is 0 Å². The largest absolute Gasteiger partial charge is 0.393 e. The average molecular weight is 265 g/mol. The number of anilines is 1. The number of aliphatic hydroxyl groups is 1. The van der Waals surface area contributed by atoms with Gasteiger partial charge in [-0.05, 0) is 61.6 Å². The molecule has 0 amide bonds. The molecule has 1 fully saturated rings. The number of rotatable bonds is 5. The summed E-state index contributed by atoms with van der Waals surface area (Å²) in [6.07, 6.45) is 4.19. The minimum atomic E-state index is -0.0494. The Morgan fingerprint density at radius 1 is 1.17 bits per heavy atom. The third-order valence-corrected chi connectivity index (χ3v) is 4.47. The Morgan fingerprint density at radius 3 is 2.44 bits per heavy atom. The maximum Gasteiger partial charge on any atom is 0.0540 e. The first-order valence-electron chi connectivity index (χ1n) is 6.92. The van der Waals surface area contributed by atoms with Gasteiger partial charge in [-0.1, -0.05) is 6.92 Å². The normalized spacial score (nSPS) is 23.9. The molecule has 0 unspecified atom stereocenters. The van der Waals surface area contributed by atoms with E-state index in [0.717, 1.165) is 43.9 Å². The van der Waals surface area contributed by atoms with Crippen molar-refractivity contribution in [1.82, 2.24) is 0 Å². The van der Waals surface area contributed by atoms with Gasteiger partial charge in [-0.15, -0.1) is 11.8 Å². The monoisotopic (exact) mass is 265 g/mol. The Bertz CT molecular complexity index is 344. The molecular weight excluding hydrogens is 242 g/mol. The minimum Gasteiger partial charge on any atom is -0.393 e. The molecule has 1 aromatic carbocycles. The van der Waals surface area contributed by atoms with Crippen LogP contribution in [-0.4, -0.2) is 23.5 Å². The van der Waals surface area contributed by atoms with Crippen molar-refractivity contribution in [3.8, 4) is 0 Å². The number of aliphatic hydroxyl groups excluding tert-OH is 1. The maximum atomic E-state index is 9.47. The van der Waals surface area contributed by atoms with Crippen LogP contribution in [0.1, 0.15) is 32.6 Å². The van der Waals surface area contributed by atoms with Gasteiger partial charge in [-0.2, -0.15) is 0 Å². The van der Waals surface area contributed by atoms with Crippen molar-refractivity contribution >= 4 is 17.4 Å². The standard InChI is InChI=1S/C15H23NOS/c1-2-18-15-9-5-13(6-10-15)16-11-12-3-7-14(17)8-4-12/h5-6,9-10,12,14,16-17H,2-4,7-8,11H2,1H3. The van der Waals surface area contributed by atoms with Crippen LogP contribution in [0.15, 0.2) is 29.2 Å². The lowest BCUT2D eigenvalue weighted by Crippen LogP contribution is -2.23. The summed E-state index contributed by atoms with van der Waals surface area (Å²) in [5, 5.41) is 13.0. The molecular formula is C15H23NOS. The van der Waals surface area contributed by atoms with E-state index in [9.17, 15) is 5.11 Å². The van der Waals surface area contributed by atoms with Crippen LogP contribution in [0.2, 0.25) is 0 Å². The van der Waals surface area contributed by atoms with Crippen LogP contribution in [0, 0.1) is 5.92 Å². The van der Waals surface area contributed by atoms with Gasteiger partial charge in [-0.3, -0.25) is 0 Å². The molecule has 0 aliphatic heterocycles. The van der Waals surface area contributed by atoms with E-state index in [4.69, 9.17) is 0 Å². The van der Waals surface area contributed by atoms with Crippen LogP contribution in [0.5, 0.6) is 0 Å². The van der Waals surface area contributed by atoms with Gasteiger partial charge in [0.2, 0.25) is 0 Å². The van der Waals surface area contributed by atoms with Crippen LogP contribution < -0.4 is 5.32 Å². The molecule has 0 heterocycles. The van der Waals surface area contributed by atoms with Gasteiger partial charge in [-0.25, -0.2) is 0 Å². The highest BCUT2D eigenvalue weighted by molar-refractivity contribution is 7.99. The molecule has 1 saturated carbocycles. The fraction of sp³-hybridized carbons (Fsp3) is 0.600. The number of hydrogen-bond donors (Lipinski definition) is 2. The van der Waals surface area contributed by atoms with Gasteiger partial charge >= 0.3 is 0 Å². The second-order valence-electron chi connectivity index (χ2n) is 5.01. The minimum absolute atomic E-state index is 0.0494. The van der Waals surface area contributed by atoms with Crippen LogP contribution in [-0.2, 0) is 0 Å². The van der Waals surface area contributed by atoms with Crippen molar-refractivity contribution in [2.24, 2.45) is 5.92 Å². The van der Waals surface area contributed by atoms with Gasteiger partial charge in [0.05, 0.1) is 6.10 Å². The molecule has 0 bridgehead atoms. The van der Waals surface area contributed by atoms with Crippen LogP contribution >= 0.6 is 11.8 Å². The molecule has 0 atom stereocenters. The zero-order valence-electron chi connectivity index (χ0n) is 11.1. The lowest BCUT2D eigenvalue weighted by molar-refractivity contribution is 0.111. The van der Waals surface area contributed by atoms with E-state index >= 15 is 0 Å².